The molecular weight excluding hydrogens is 168 g/mol. The molecule has 3 heteroatoms. The Hall–Kier alpha value is -0.830. The Morgan fingerprint density at radius 1 is 1.62 bits per heavy atom. The highest BCUT2D eigenvalue weighted by Crippen LogP contribution is 2.03. The third-order valence-electron chi connectivity index (χ3n) is 1.56. The van der Waals surface area contributed by atoms with E-state index in [-0.39, 0.29) is 6.42 Å². The minimum atomic E-state index is -1.05. The Morgan fingerprint density at radius 3 is 2.69 bits per heavy atom. The highest BCUT2D eigenvalue weighted by molar-refractivity contribution is 5.74. The molecule has 0 heterocycles. The van der Waals surface area contributed by atoms with Crippen molar-refractivity contribution in [2.45, 2.75) is 39.2 Å². The second-order valence-corrected chi connectivity index (χ2v) is 3.20. The highest BCUT2D eigenvalue weighted by Gasteiger charge is 2.15. The molecule has 76 valence electrons. The standard InChI is InChI=1S/C10H18O3/c1-4-5-6-13-10(12)9(11)7-8(2)3/h9,11H,2,4-7H2,1,3H3. The fraction of sp³-hybridized carbons (Fsp3) is 0.700. The van der Waals surface area contributed by atoms with Gasteiger partial charge in [-0.05, 0) is 13.3 Å². The first-order valence-electron chi connectivity index (χ1n) is 4.57. The lowest BCUT2D eigenvalue weighted by molar-refractivity contribution is -0.153. The molecule has 0 aliphatic carbocycles. The van der Waals surface area contributed by atoms with Crippen LogP contribution in [0.15, 0.2) is 12.2 Å². The summed E-state index contributed by atoms with van der Waals surface area (Å²) in [5.74, 6) is -0.545. The minimum Gasteiger partial charge on any atom is -0.464 e. The number of rotatable bonds is 6. The van der Waals surface area contributed by atoms with Gasteiger partial charge in [0.15, 0.2) is 6.10 Å². The number of aliphatic hydroxyl groups excluding tert-OH is 1. The number of unbranched alkanes of at least 4 members (excludes halogenated alkanes) is 1. The molecule has 0 saturated heterocycles. The lowest BCUT2D eigenvalue weighted by Crippen LogP contribution is -2.23. The Bertz CT molecular complexity index is 175. The van der Waals surface area contributed by atoms with Gasteiger partial charge in [0.25, 0.3) is 0 Å². The molecule has 1 N–H and O–H groups in total. The van der Waals surface area contributed by atoms with E-state index in [4.69, 9.17) is 4.74 Å². The SMILES string of the molecule is C=C(C)CC(O)C(=O)OCCCC. The molecule has 0 spiro atoms. The molecule has 0 rings (SSSR count). The zero-order valence-corrected chi connectivity index (χ0v) is 8.38. The van der Waals surface area contributed by atoms with Crippen LogP contribution in [0.4, 0.5) is 0 Å². The van der Waals surface area contributed by atoms with E-state index in [0.717, 1.165) is 18.4 Å². The molecule has 0 radical (unpaired) electrons. The molecule has 1 unspecified atom stereocenters. The molecule has 0 amide bonds. The lowest BCUT2D eigenvalue weighted by Gasteiger charge is -2.09. The molecule has 3 nitrogen and oxygen atoms in total. The maximum Gasteiger partial charge on any atom is 0.335 e. The van der Waals surface area contributed by atoms with Crippen molar-refractivity contribution in [1.29, 1.82) is 0 Å². The molecule has 0 saturated carbocycles. The average molecular weight is 186 g/mol. The van der Waals surface area contributed by atoms with Crippen LogP contribution in [0.25, 0.3) is 0 Å². The van der Waals surface area contributed by atoms with Gasteiger partial charge >= 0.3 is 5.97 Å². The quantitative estimate of drug-likeness (QED) is 0.390. The lowest BCUT2D eigenvalue weighted by atomic mass is 10.1. The maximum absolute atomic E-state index is 11.0. The summed E-state index contributed by atoms with van der Waals surface area (Å²) in [5.41, 5.74) is 0.778. The summed E-state index contributed by atoms with van der Waals surface area (Å²) in [5, 5.41) is 9.25. The van der Waals surface area contributed by atoms with Gasteiger partial charge in [-0.3, -0.25) is 0 Å². The number of hydrogen-bond donors (Lipinski definition) is 1. The fourth-order valence-corrected chi connectivity index (χ4v) is 0.827. The molecule has 13 heavy (non-hydrogen) atoms. The third kappa shape index (κ3) is 6.34. The Labute approximate surface area is 79.4 Å². The van der Waals surface area contributed by atoms with Crippen molar-refractivity contribution in [3.05, 3.63) is 12.2 Å². The molecular formula is C10H18O3. The van der Waals surface area contributed by atoms with Crippen molar-refractivity contribution in [1.82, 2.24) is 0 Å². The molecule has 0 aromatic carbocycles. The number of ether oxygens (including phenoxy) is 1. The van der Waals surface area contributed by atoms with Gasteiger partial charge in [0.1, 0.15) is 0 Å². The smallest absolute Gasteiger partial charge is 0.335 e. The van der Waals surface area contributed by atoms with Gasteiger partial charge in [0.2, 0.25) is 0 Å². The third-order valence-corrected chi connectivity index (χ3v) is 1.56. The zero-order valence-electron chi connectivity index (χ0n) is 8.38. The monoisotopic (exact) mass is 186 g/mol. The van der Waals surface area contributed by atoms with E-state index in [1.165, 1.54) is 0 Å². The van der Waals surface area contributed by atoms with Crippen LogP contribution in [-0.2, 0) is 9.53 Å². The first kappa shape index (κ1) is 12.2. The average Bonchev–Trinajstić information content (AvgIpc) is 2.03. The van der Waals surface area contributed by atoms with Crippen LogP contribution in [0.5, 0.6) is 0 Å². The minimum absolute atomic E-state index is 0.283. The largest absolute Gasteiger partial charge is 0.464 e. The number of carbonyl (C=O) groups excluding carboxylic acids is 1. The molecule has 1 atom stereocenters. The van der Waals surface area contributed by atoms with Crippen molar-refractivity contribution in [2.75, 3.05) is 6.61 Å². The first-order chi connectivity index (χ1) is 6.07. The Balaban J connectivity index is 3.63. The van der Waals surface area contributed by atoms with Crippen LogP contribution in [-0.4, -0.2) is 23.8 Å². The van der Waals surface area contributed by atoms with Gasteiger partial charge < -0.3 is 9.84 Å². The van der Waals surface area contributed by atoms with Crippen molar-refractivity contribution < 1.29 is 14.6 Å². The normalized spacial score (nSPS) is 12.2. The summed E-state index contributed by atoms with van der Waals surface area (Å²) in [4.78, 5) is 11.0. The van der Waals surface area contributed by atoms with Gasteiger partial charge in [-0.1, -0.05) is 18.9 Å². The molecule has 0 fully saturated rings. The van der Waals surface area contributed by atoms with Gasteiger partial charge in [0, 0.05) is 6.42 Å². The zero-order chi connectivity index (χ0) is 10.3. The van der Waals surface area contributed by atoms with Crippen LogP contribution in [0.3, 0.4) is 0 Å². The van der Waals surface area contributed by atoms with Crippen LogP contribution in [0, 0.1) is 0 Å². The van der Waals surface area contributed by atoms with E-state index in [9.17, 15) is 9.90 Å². The Kier molecular flexibility index (Phi) is 6.24. The predicted octanol–water partition coefficient (Wildman–Crippen LogP) is 1.66. The van der Waals surface area contributed by atoms with E-state index in [1.807, 2.05) is 6.92 Å². The number of carbonyl (C=O) groups is 1. The molecule has 0 aliphatic rings. The Morgan fingerprint density at radius 2 is 2.23 bits per heavy atom. The second-order valence-electron chi connectivity index (χ2n) is 3.20. The second kappa shape index (κ2) is 6.66. The van der Waals surface area contributed by atoms with Crippen molar-refractivity contribution in [3.8, 4) is 0 Å². The van der Waals surface area contributed by atoms with E-state index in [2.05, 4.69) is 6.58 Å². The van der Waals surface area contributed by atoms with Crippen molar-refractivity contribution in [3.63, 3.8) is 0 Å². The van der Waals surface area contributed by atoms with Crippen molar-refractivity contribution >= 4 is 5.97 Å². The number of hydrogen-bond acceptors (Lipinski definition) is 3. The molecule has 0 bridgehead atoms. The predicted molar refractivity (Wildman–Crippen MR) is 51.3 cm³/mol. The highest BCUT2D eigenvalue weighted by atomic mass is 16.5. The van der Waals surface area contributed by atoms with E-state index in [1.54, 1.807) is 6.92 Å². The fourth-order valence-electron chi connectivity index (χ4n) is 0.827. The van der Waals surface area contributed by atoms with Gasteiger partial charge in [0.05, 0.1) is 6.61 Å². The van der Waals surface area contributed by atoms with Gasteiger partial charge in [-0.15, -0.1) is 6.58 Å². The summed E-state index contributed by atoms with van der Waals surface area (Å²) in [7, 11) is 0. The topological polar surface area (TPSA) is 46.5 Å². The van der Waals surface area contributed by atoms with Crippen LogP contribution >= 0.6 is 0 Å². The summed E-state index contributed by atoms with van der Waals surface area (Å²) >= 11 is 0. The number of esters is 1. The number of aliphatic hydroxyl groups is 1. The first-order valence-corrected chi connectivity index (χ1v) is 4.57. The summed E-state index contributed by atoms with van der Waals surface area (Å²) < 4.78 is 4.82. The maximum atomic E-state index is 11.0. The van der Waals surface area contributed by atoms with Gasteiger partial charge in [-0.2, -0.15) is 0 Å². The molecule has 0 aliphatic heterocycles. The van der Waals surface area contributed by atoms with Crippen LogP contribution < -0.4 is 0 Å². The van der Waals surface area contributed by atoms with Crippen LogP contribution in [0.1, 0.15) is 33.1 Å². The van der Waals surface area contributed by atoms with E-state index >= 15 is 0 Å². The van der Waals surface area contributed by atoms with Crippen molar-refractivity contribution in [2.24, 2.45) is 0 Å². The summed E-state index contributed by atoms with van der Waals surface area (Å²) in [6.07, 6.45) is 1.05. The summed E-state index contributed by atoms with van der Waals surface area (Å²) in [6, 6.07) is 0. The van der Waals surface area contributed by atoms with E-state index < -0.39 is 12.1 Å². The van der Waals surface area contributed by atoms with Crippen LogP contribution in [0.2, 0.25) is 0 Å². The summed E-state index contributed by atoms with van der Waals surface area (Å²) in [6.45, 7) is 7.78. The van der Waals surface area contributed by atoms with E-state index in [0.29, 0.717) is 6.61 Å². The van der Waals surface area contributed by atoms with Gasteiger partial charge in [-0.25, -0.2) is 4.79 Å². The molecule has 0 aromatic heterocycles. The molecule has 0 aromatic rings.